The first-order valence-electron chi connectivity index (χ1n) is 7.18. The molecule has 4 nitrogen and oxygen atoms in total. The van der Waals surface area contributed by atoms with Crippen molar-refractivity contribution in [2.24, 2.45) is 0 Å². The van der Waals surface area contributed by atoms with Gasteiger partial charge in [0.25, 0.3) is 5.91 Å². The van der Waals surface area contributed by atoms with E-state index < -0.39 is 0 Å². The molecule has 4 heteroatoms. The van der Waals surface area contributed by atoms with E-state index in [2.05, 4.69) is 13.0 Å². The number of hydrogen-bond donors (Lipinski definition) is 1. The Hall–Kier alpha value is -2.36. The number of pyridine rings is 1. The van der Waals surface area contributed by atoms with E-state index in [-0.39, 0.29) is 23.7 Å². The molecule has 0 spiro atoms. The molecule has 0 aliphatic carbocycles. The Morgan fingerprint density at radius 2 is 2.10 bits per heavy atom. The number of hydrogen-bond acceptors (Lipinski definition) is 2. The van der Waals surface area contributed by atoms with Gasteiger partial charge in [0.15, 0.2) is 11.9 Å². The maximum Gasteiger partial charge on any atom is 0.296 e. The van der Waals surface area contributed by atoms with Gasteiger partial charge in [-0.15, -0.1) is 0 Å². The summed E-state index contributed by atoms with van der Waals surface area (Å²) in [6, 6.07) is 11.2. The third-order valence-electron chi connectivity index (χ3n) is 4.06. The number of carbonyl (C=O) groups is 1. The molecule has 2 atom stereocenters. The fourth-order valence-electron chi connectivity index (χ4n) is 2.95. The van der Waals surface area contributed by atoms with Gasteiger partial charge in [-0.25, -0.2) is 0 Å². The average molecular weight is 283 g/mol. The summed E-state index contributed by atoms with van der Waals surface area (Å²) in [5.74, 6) is 0.204. The van der Waals surface area contributed by atoms with Crippen LogP contribution >= 0.6 is 0 Å². The van der Waals surface area contributed by atoms with Crippen molar-refractivity contribution in [2.45, 2.75) is 32.4 Å². The molecule has 1 aliphatic rings. The van der Waals surface area contributed by atoms with Crippen molar-refractivity contribution in [3.05, 3.63) is 54.4 Å². The summed E-state index contributed by atoms with van der Waals surface area (Å²) in [5.41, 5.74) is 2.22. The Balaban J connectivity index is 1.92. The SMILES string of the molecule is C[C@H](C(=O)N1c2ccccc2C[C@@H]1C)[n+]1cccc(O)c1. The highest BCUT2D eigenvalue weighted by molar-refractivity contribution is 5.97. The summed E-state index contributed by atoms with van der Waals surface area (Å²) in [6.07, 6.45) is 4.27. The van der Waals surface area contributed by atoms with Crippen LogP contribution in [0, 0.1) is 0 Å². The van der Waals surface area contributed by atoms with Gasteiger partial charge < -0.3 is 10.0 Å². The van der Waals surface area contributed by atoms with Crippen LogP contribution < -0.4 is 9.47 Å². The van der Waals surface area contributed by atoms with Gasteiger partial charge in [-0.1, -0.05) is 18.2 Å². The number of aromatic hydroxyl groups is 1. The Kier molecular flexibility index (Phi) is 3.37. The van der Waals surface area contributed by atoms with Crippen molar-refractivity contribution in [2.75, 3.05) is 4.90 Å². The number of amides is 1. The van der Waals surface area contributed by atoms with Crippen LogP contribution in [0.5, 0.6) is 5.75 Å². The van der Waals surface area contributed by atoms with Gasteiger partial charge in [-0.05, 0) is 31.0 Å². The number of fused-ring (bicyclic) bond motifs is 1. The number of aromatic nitrogens is 1. The summed E-state index contributed by atoms with van der Waals surface area (Å²) in [4.78, 5) is 14.7. The zero-order chi connectivity index (χ0) is 15.0. The Labute approximate surface area is 124 Å². The summed E-state index contributed by atoms with van der Waals surface area (Å²) in [6.45, 7) is 3.92. The van der Waals surface area contributed by atoms with E-state index in [0.29, 0.717) is 0 Å². The van der Waals surface area contributed by atoms with E-state index in [1.807, 2.05) is 30.0 Å². The van der Waals surface area contributed by atoms with E-state index in [1.165, 1.54) is 5.56 Å². The molecule has 1 N–H and O–H groups in total. The van der Waals surface area contributed by atoms with Crippen LogP contribution in [-0.4, -0.2) is 17.1 Å². The minimum atomic E-state index is -0.356. The molecule has 0 fully saturated rings. The molecule has 2 heterocycles. The molecule has 1 aliphatic heterocycles. The summed E-state index contributed by atoms with van der Waals surface area (Å²) in [7, 11) is 0. The zero-order valence-corrected chi connectivity index (χ0v) is 12.2. The van der Waals surface area contributed by atoms with E-state index in [1.54, 1.807) is 29.1 Å². The lowest BCUT2D eigenvalue weighted by Crippen LogP contribution is -2.49. The third-order valence-corrected chi connectivity index (χ3v) is 4.06. The molecule has 0 bridgehead atoms. The molecule has 0 radical (unpaired) electrons. The Morgan fingerprint density at radius 3 is 2.86 bits per heavy atom. The predicted molar refractivity (Wildman–Crippen MR) is 80.1 cm³/mol. The first kappa shape index (κ1) is 13.6. The van der Waals surface area contributed by atoms with Gasteiger partial charge >= 0.3 is 0 Å². The molecular weight excluding hydrogens is 264 g/mol. The lowest BCUT2D eigenvalue weighted by atomic mass is 10.1. The monoisotopic (exact) mass is 283 g/mol. The van der Waals surface area contributed by atoms with Crippen LogP contribution in [0.15, 0.2) is 48.8 Å². The van der Waals surface area contributed by atoms with E-state index in [9.17, 15) is 9.90 Å². The van der Waals surface area contributed by atoms with Gasteiger partial charge in [0.05, 0.1) is 0 Å². The summed E-state index contributed by atoms with van der Waals surface area (Å²) in [5, 5.41) is 9.57. The van der Waals surface area contributed by atoms with Crippen LogP contribution in [0.4, 0.5) is 5.69 Å². The molecule has 108 valence electrons. The highest BCUT2D eigenvalue weighted by atomic mass is 16.3. The van der Waals surface area contributed by atoms with Crippen molar-refractivity contribution in [1.82, 2.24) is 0 Å². The highest BCUT2D eigenvalue weighted by Gasteiger charge is 2.36. The topological polar surface area (TPSA) is 44.4 Å². The van der Waals surface area contributed by atoms with Crippen LogP contribution in [-0.2, 0) is 11.2 Å². The van der Waals surface area contributed by atoms with Crippen molar-refractivity contribution >= 4 is 11.6 Å². The first-order chi connectivity index (χ1) is 10.1. The standard InChI is InChI=1S/C17H18N2O2/c1-12-10-14-6-3-4-8-16(14)19(12)17(21)13(2)18-9-5-7-15(20)11-18/h3-9,11-13H,10H2,1-2H3/p+1/t12-,13+/m0/s1. The lowest BCUT2D eigenvalue weighted by Gasteiger charge is -2.23. The number of carbonyl (C=O) groups excluding carboxylic acids is 1. The molecule has 0 unspecified atom stereocenters. The first-order valence-corrected chi connectivity index (χ1v) is 7.18. The fraction of sp³-hybridized carbons (Fsp3) is 0.294. The number of para-hydroxylation sites is 1. The number of nitrogens with zero attached hydrogens (tertiary/aromatic N) is 2. The maximum atomic E-state index is 12.9. The predicted octanol–water partition coefficient (Wildman–Crippen LogP) is 2.22. The number of rotatable bonds is 2. The summed E-state index contributed by atoms with van der Waals surface area (Å²) < 4.78 is 1.74. The van der Waals surface area contributed by atoms with Gasteiger partial charge in [0, 0.05) is 24.7 Å². The quantitative estimate of drug-likeness (QED) is 0.859. The second-order valence-corrected chi connectivity index (χ2v) is 5.58. The smallest absolute Gasteiger partial charge is 0.296 e. The Morgan fingerprint density at radius 1 is 1.33 bits per heavy atom. The molecule has 21 heavy (non-hydrogen) atoms. The van der Waals surface area contributed by atoms with Crippen molar-refractivity contribution < 1.29 is 14.5 Å². The number of anilines is 1. The average Bonchev–Trinajstić information content (AvgIpc) is 2.81. The third kappa shape index (κ3) is 2.37. The van der Waals surface area contributed by atoms with Crippen LogP contribution in [0.3, 0.4) is 0 Å². The lowest BCUT2D eigenvalue weighted by molar-refractivity contribution is -0.706. The second kappa shape index (κ2) is 5.20. The van der Waals surface area contributed by atoms with Gasteiger partial charge in [-0.2, -0.15) is 4.57 Å². The molecule has 0 saturated carbocycles. The Bertz CT molecular complexity index is 684. The fourth-order valence-corrected chi connectivity index (χ4v) is 2.95. The molecule has 3 rings (SSSR count). The molecule has 0 saturated heterocycles. The highest BCUT2D eigenvalue weighted by Crippen LogP contribution is 2.32. The van der Waals surface area contributed by atoms with Crippen LogP contribution in [0.2, 0.25) is 0 Å². The van der Waals surface area contributed by atoms with E-state index in [0.717, 1.165) is 12.1 Å². The minimum Gasteiger partial charge on any atom is -0.503 e. The van der Waals surface area contributed by atoms with Crippen LogP contribution in [0.1, 0.15) is 25.5 Å². The number of benzene rings is 1. The van der Waals surface area contributed by atoms with Crippen molar-refractivity contribution in [1.29, 1.82) is 0 Å². The molecule has 1 aromatic heterocycles. The second-order valence-electron chi connectivity index (χ2n) is 5.58. The van der Waals surface area contributed by atoms with Gasteiger partial charge in [-0.3, -0.25) is 4.79 Å². The summed E-state index contributed by atoms with van der Waals surface area (Å²) >= 11 is 0. The normalized spacial score (nSPS) is 18.4. The van der Waals surface area contributed by atoms with Crippen LogP contribution in [0.25, 0.3) is 0 Å². The van der Waals surface area contributed by atoms with Gasteiger partial charge in [0.2, 0.25) is 12.2 Å². The van der Waals surface area contributed by atoms with Crippen molar-refractivity contribution in [3.8, 4) is 5.75 Å². The van der Waals surface area contributed by atoms with E-state index >= 15 is 0 Å². The zero-order valence-electron chi connectivity index (χ0n) is 12.2. The van der Waals surface area contributed by atoms with E-state index in [4.69, 9.17) is 0 Å². The minimum absolute atomic E-state index is 0.0445. The largest absolute Gasteiger partial charge is 0.503 e. The van der Waals surface area contributed by atoms with Crippen molar-refractivity contribution in [3.63, 3.8) is 0 Å². The molecule has 2 aromatic rings. The molecular formula is C17H19N2O2+. The van der Waals surface area contributed by atoms with Gasteiger partial charge in [0.1, 0.15) is 0 Å². The molecule has 1 amide bonds. The maximum absolute atomic E-state index is 12.9. The molecule has 1 aromatic carbocycles.